The normalized spacial score (nSPS) is 43.2. The van der Waals surface area contributed by atoms with Gasteiger partial charge in [0.25, 0.3) is 11.4 Å². The Hall–Kier alpha value is -5.90. The van der Waals surface area contributed by atoms with E-state index in [9.17, 15) is 20.2 Å². The van der Waals surface area contributed by atoms with E-state index in [0.717, 1.165) is 90.1 Å². The van der Waals surface area contributed by atoms with E-state index in [0.29, 0.717) is 41.3 Å². The maximum Gasteiger partial charge on any atom is 0.269 e. The lowest BCUT2D eigenvalue weighted by atomic mass is 9.26. The van der Waals surface area contributed by atoms with Crippen molar-refractivity contribution in [3.63, 3.8) is 0 Å². The molecule has 90 heavy (non-hydrogen) atoms. The number of non-ortho nitro benzene ring substituents is 2. The molecule has 5 aromatic rings. The zero-order chi connectivity index (χ0) is 62.1. The van der Waals surface area contributed by atoms with Crippen molar-refractivity contribution < 1.29 is 28.8 Å². The van der Waals surface area contributed by atoms with Crippen LogP contribution in [0.15, 0.2) is 103 Å². The molecule has 0 amide bonds. The molecule has 0 saturated heterocycles. The minimum Gasteiger partial charge on any atom is -0.489 e. The molecule has 5 aromatic carbocycles. The minimum atomic E-state index is -0.351. The highest BCUT2D eigenvalue weighted by Crippen LogP contribution is 2.84. The predicted molar refractivity (Wildman–Crippen MR) is 350 cm³/mol. The number of nitro benzene ring substituents is 2. The second-order valence-corrected chi connectivity index (χ2v) is 37.6. The predicted octanol–water partition coefficient (Wildman–Crippen LogP) is 21.4. The molecule has 10 nitrogen and oxygen atoms in total. The molecular formula is C80H96N2O8. The molecule has 10 heteroatoms. The van der Waals surface area contributed by atoms with Crippen LogP contribution in [0.2, 0.25) is 0 Å². The summed E-state index contributed by atoms with van der Waals surface area (Å²) in [5, 5.41) is 23.2. The molecule has 0 heterocycles. The van der Waals surface area contributed by atoms with E-state index in [-0.39, 0.29) is 75.4 Å². The number of ether oxygens (including phenoxy) is 4. The Morgan fingerprint density at radius 2 is 0.722 bits per heavy atom. The maximum atomic E-state index is 11.6. The average Bonchev–Trinajstić information content (AvgIpc) is 0.665. The molecule has 16 bridgehead atoms. The topological polar surface area (TPSA) is 123 Å². The molecule has 16 fully saturated rings. The third-order valence-electron chi connectivity index (χ3n) is 27.7. The average molecular weight is 1210 g/mol. The Morgan fingerprint density at radius 3 is 1.14 bits per heavy atom. The van der Waals surface area contributed by atoms with E-state index in [1.54, 1.807) is 36.4 Å². The Labute approximate surface area is 534 Å². The largest absolute Gasteiger partial charge is 0.489 e. The molecule has 16 aliphatic carbocycles. The van der Waals surface area contributed by atoms with Crippen molar-refractivity contribution in [1.29, 1.82) is 0 Å². The highest BCUT2D eigenvalue weighted by molar-refractivity contribution is 5.56. The Bertz CT molecular complexity index is 3760. The standard InChI is InChI=1S/C80H96N2O8/c1-68-26-54-27-69(2,37-68)42-76(32-54,41-68)63-23-59(87-35-52-9-13-57(14-10-52)81(83)84)18-21-65(63)89-61-17-20-62(78-45-74(7)40-75(8,46-78)50-80(49-74,51-78)79-34-56-30-72(5,47-79)39-73(6,31-56)48-79)67(25-61)90-66-22-19-60(88-36-53-11-15-58(16-12-53)82(85)86)24-64(66)77-33-55-28-70(3,43-77)38-71(4,29-55)44-77/h9-25,54-56H,26-51H2,1-8H3. The Balaban J connectivity index is 0.800. The summed E-state index contributed by atoms with van der Waals surface area (Å²) in [6.07, 6.45) is 30.6. The van der Waals surface area contributed by atoms with E-state index in [2.05, 4.69) is 110 Å². The van der Waals surface area contributed by atoms with Gasteiger partial charge in [-0.25, -0.2) is 0 Å². The van der Waals surface area contributed by atoms with Crippen molar-refractivity contribution in [2.45, 2.75) is 239 Å². The van der Waals surface area contributed by atoms with Gasteiger partial charge < -0.3 is 18.9 Å². The van der Waals surface area contributed by atoms with Crippen molar-refractivity contribution in [2.75, 3.05) is 0 Å². The Morgan fingerprint density at radius 1 is 0.344 bits per heavy atom. The first-order valence-corrected chi connectivity index (χ1v) is 35.0. The molecule has 21 rings (SSSR count). The van der Waals surface area contributed by atoms with E-state index in [1.165, 1.54) is 132 Å². The number of rotatable bonds is 16. The highest BCUT2D eigenvalue weighted by Gasteiger charge is 2.75. The van der Waals surface area contributed by atoms with Gasteiger partial charge in [0.1, 0.15) is 47.7 Å². The van der Waals surface area contributed by atoms with Crippen molar-refractivity contribution in [1.82, 2.24) is 0 Å². The molecule has 0 aromatic heterocycles. The summed E-state index contributed by atoms with van der Waals surface area (Å²) in [5.74, 6) is 7.35. The van der Waals surface area contributed by atoms with Gasteiger partial charge in [-0.15, -0.1) is 0 Å². The summed E-state index contributed by atoms with van der Waals surface area (Å²) in [4.78, 5) is 22.5. The summed E-state index contributed by atoms with van der Waals surface area (Å²) >= 11 is 0. The van der Waals surface area contributed by atoms with E-state index in [4.69, 9.17) is 18.9 Å². The van der Waals surface area contributed by atoms with Gasteiger partial charge in [-0.1, -0.05) is 61.5 Å². The third kappa shape index (κ3) is 9.29. The molecule has 0 spiro atoms. The fourth-order valence-corrected chi connectivity index (χ4v) is 29.4. The maximum absolute atomic E-state index is 11.6. The fraction of sp³-hybridized carbons (Fsp3) is 0.625. The lowest BCUT2D eigenvalue weighted by Gasteiger charge is -2.78. The van der Waals surface area contributed by atoms with Crippen molar-refractivity contribution in [2.24, 2.45) is 71.9 Å². The van der Waals surface area contributed by atoms with Gasteiger partial charge in [-0.2, -0.15) is 0 Å². The molecule has 8 atom stereocenters. The zero-order valence-corrected chi connectivity index (χ0v) is 55.1. The first-order chi connectivity index (χ1) is 42.5. The van der Waals surface area contributed by atoms with Crippen LogP contribution in [-0.2, 0) is 29.5 Å². The van der Waals surface area contributed by atoms with E-state index >= 15 is 0 Å². The minimum absolute atomic E-state index is 0.0730. The van der Waals surface area contributed by atoms with Crippen LogP contribution in [0.1, 0.15) is 237 Å². The third-order valence-corrected chi connectivity index (χ3v) is 27.7. The van der Waals surface area contributed by atoms with Gasteiger partial charge >= 0.3 is 0 Å². The lowest BCUT2D eigenvalue weighted by molar-refractivity contribution is -0.385. The zero-order valence-electron chi connectivity index (χ0n) is 55.1. The van der Waals surface area contributed by atoms with Gasteiger partial charge in [-0.3, -0.25) is 20.2 Å². The Kier molecular flexibility index (Phi) is 12.0. The lowest BCUT2D eigenvalue weighted by Crippen LogP contribution is -2.69. The van der Waals surface area contributed by atoms with Crippen LogP contribution in [0.25, 0.3) is 0 Å². The molecule has 0 aliphatic heterocycles. The van der Waals surface area contributed by atoms with E-state index < -0.39 is 0 Å². The first-order valence-electron chi connectivity index (χ1n) is 35.0. The van der Waals surface area contributed by atoms with Crippen LogP contribution in [0, 0.1) is 92.1 Å². The van der Waals surface area contributed by atoms with Gasteiger partial charge in [0, 0.05) is 63.3 Å². The summed E-state index contributed by atoms with van der Waals surface area (Å²) in [6.45, 7) is 21.7. The van der Waals surface area contributed by atoms with Crippen molar-refractivity contribution >= 4 is 11.4 Å². The van der Waals surface area contributed by atoms with Crippen LogP contribution in [0.5, 0.6) is 34.5 Å². The molecule has 0 radical (unpaired) electrons. The highest BCUT2D eigenvalue weighted by atomic mass is 16.6. The van der Waals surface area contributed by atoms with Crippen LogP contribution in [0.3, 0.4) is 0 Å². The molecule has 0 N–H and O–H groups in total. The summed E-state index contributed by atoms with van der Waals surface area (Å²) in [5.41, 5.74) is 8.54. The monoisotopic (exact) mass is 1210 g/mol. The summed E-state index contributed by atoms with van der Waals surface area (Å²) in [6, 6.07) is 33.9. The van der Waals surface area contributed by atoms with Crippen LogP contribution < -0.4 is 18.9 Å². The summed E-state index contributed by atoms with van der Waals surface area (Å²) in [7, 11) is 0. The number of hydrogen-bond donors (Lipinski definition) is 0. The van der Waals surface area contributed by atoms with Gasteiger partial charge in [0.15, 0.2) is 0 Å². The number of benzene rings is 5. The van der Waals surface area contributed by atoms with Crippen LogP contribution in [-0.4, -0.2) is 9.85 Å². The van der Waals surface area contributed by atoms with Crippen molar-refractivity contribution in [3.8, 4) is 34.5 Å². The SMILES string of the molecule is CC12CC3CC(C)(C1)CC(c1cc(OCc4ccc([N+](=O)[O-])cc4)ccc1Oc1ccc(C45CC6(C)CC(C)(C4)CC(C47CC8CC(C)(CC(C)(C8)C4)C7)(C6)C5)c(Oc4ccc(OCc5ccc([N+](=O)[O-])cc5)cc4C45CC6CC(C)(CC(C)(C6)C4)C5)c1)(C3)C2. The van der Waals surface area contributed by atoms with Gasteiger partial charge in [-0.05, 0) is 304 Å². The second kappa shape index (κ2) is 18.7. The van der Waals surface area contributed by atoms with Crippen LogP contribution >= 0.6 is 0 Å². The first kappa shape index (κ1) is 58.0. The molecule has 16 saturated carbocycles. The smallest absolute Gasteiger partial charge is 0.269 e. The van der Waals surface area contributed by atoms with E-state index in [1.807, 2.05) is 12.1 Å². The molecular weight excluding hydrogens is 1120 g/mol. The number of hydrogen-bond acceptors (Lipinski definition) is 8. The summed E-state index contributed by atoms with van der Waals surface area (Å²) < 4.78 is 29.2. The quantitative estimate of drug-likeness (QED) is 0.0707. The fourth-order valence-electron chi connectivity index (χ4n) is 29.4. The number of nitrogens with zero attached hydrogens (tertiary/aromatic N) is 2. The molecule has 16 aliphatic rings. The van der Waals surface area contributed by atoms with Crippen molar-refractivity contribution in [3.05, 3.63) is 151 Å². The van der Waals surface area contributed by atoms with Crippen LogP contribution in [0.4, 0.5) is 11.4 Å². The number of nitro groups is 2. The molecule has 8 unspecified atom stereocenters. The molecule has 474 valence electrons. The second-order valence-electron chi connectivity index (χ2n) is 37.6. The van der Waals surface area contributed by atoms with Gasteiger partial charge in [0.2, 0.25) is 0 Å². The van der Waals surface area contributed by atoms with Gasteiger partial charge in [0.05, 0.1) is 9.85 Å².